The number of fused-ring (bicyclic) bond motifs is 1. The van der Waals surface area contributed by atoms with E-state index in [-0.39, 0.29) is 11.7 Å². The molecule has 2 N–H and O–H groups in total. The fraction of sp³-hybridized carbons (Fsp3) is 0.562. The summed E-state index contributed by atoms with van der Waals surface area (Å²) in [4.78, 5) is 14.3. The van der Waals surface area contributed by atoms with E-state index in [1.54, 1.807) is 12.1 Å². The molecule has 2 saturated heterocycles. The number of amides is 1. The van der Waals surface area contributed by atoms with Crippen molar-refractivity contribution in [3.8, 4) is 0 Å². The van der Waals surface area contributed by atoms with Crippen molar-refractivity contribution in [1.82, 2.24) is 10.2 Å². The second-order valence-electron chi connectivity index (χ2n) is 6.01. The van der Waals surface area contributed by atoms with Gasteiger partial charge in [-0.05, 0) is 50.0 Å². The summed E-state index contributed by atoms with van der Waals surface area (Å²) in [7, 11) is 0. The maximum Gasteiger partial charge on any atom is 0.225 e. The van der Waals surface area contributed by atoms with Gasteiger partial charge < -0.3 is 15.5 Å². The molecule has 0 spiro atoms. The van der Waals surface area contributed by atoms with Crippen molar-refractivity contribution in [2.24, 2.45) is 5.92 Å². The van der Waals surface area contributed by atoms with Crippen LogP contribution in [0, 0.1) is 11.7 Å². The van der Waals surface area contributed by atoms with E-state index < -0.39 is 0 Å². The standard InChI is InChI=1S/C16H22FN3O/c17-13-2-1-3-14(10-13)19-16(21)6-9-20-8-5-15-12(11-20)4-7-18-15/h1-3,10,12,15,18H,4-9,11H2,(H,19,21). The number of nitrogens with one attached hydrogen (secondary N) is 2. The summed E-state index contributed by atoms with van der Waals surface area (Å²) >= 11 is 0. The monoisotopic (exact) mass is 291 g/mol. The van der Waals surface area contributed by atoms with E-state index >= 15 is 0 Å². The largest absolute Gasteiger partial charge is 0.326 e. The lowest BCUT2D eigenvalue weighted by molar-refractivity contribution is -0.116. The highest BCUT2D eigenvalue weighted by molar-refractivity contribution is 5.90. The molecule has 114 valence electrons. The minimum atomic E-state index is -0.330. The molecule has 0 aliphatic carbocycles. The predicted molar refractivity (Wildman–Crippen MR) is 80.6 cm³/mol. The molecule has 1 aromatic carbocycles. The van der Waals surface area contributed by atoms with E-state index in [4.69, 9.17) is 0 Å². The van der Waals surface area contributed by atoms with Crippen LogP contribution in [-0.4, -0.2) is 43.0 Å². The van der Waals surface area contributed by atoms with Crippen LogP contribution in [0.3, 0.4) is 0 Å². The molecular weight excluding hydrogens is 269 g/mol. The average molecular weight is 291 g/mol. The normalized spacial score (nSPS) is 25.6. The lowest BCUT2D eigenvalue weighted by Gasteiger charge is -2.34. The Morgan fingerprint density at radius 2 is 2.33 bits per heavy atom. The van der Waals surface area contributed by atoms with Crippen molar-refractivity contribution in [1.29, 1.82) is 0 Å². The topological polar surface area (TPSA) is 44.4 Å². The molecule has 0 bridgehead atoms. The van der Waals surface area contributed by atoms with Crippen LogP contribution in [0.1, 0.15) is 19.3 Å². The minimum Gasteiger partial charge on any atom is -0.326 e. The molecule has 1 aromatic rings. The number of piperidine rings is 1. The molecule has 2 fully saturated rings. The summed E-state index contributed by atoms with van der Waals surface area (Å²) in [5.74, 6) is 0.362. The van der Waals surface area contributed by atoms with Gasteiger partial charge in [0.15, 0.2) is 0 Å². The zero-order valence-electron chi connectivity index (χ0n) is 12.1. The van der Waals surface area contributed by atoms with Crippen LogP contribution in [0.25, 0.3) is 0 Å². The minimum absolute atomic E-state index is 0.0488. The van der Waals surface area contributed by atoms with E-state index in [1.165, 1.54) is 25.0 Å². The quantitative estimate of drug-likeness (QED) is 0.889. The van der Waals surface area contributed by atoms with Crippen LogP contribution in [0.2, 0.25) is 0 Å². The highest BCUT2D eigenvalue weighted by Crippen LogP contribution is 2.24. The van der Waals surface area contributed by atoms with E-state index in [0.717, 1.165) is 32.1 Å². The predicted octanol–water partition coefficient (Wildman–Crippen LogP) is 1.84. The van der Waals surface area contributed by atoms with Crippen molar-refractivity contribution in [2.75, 3.05) is 31.5 Å². The first-order chi connectivity index (χ1) is 10.2. The van der Waals surface area contributed by atoms with Gasteiger partial charge >= 0.3 is 0 Å². The van der Waals surface area contributed by atoms with Gasteiger partial charge in [0.1, 0.15) is 5.82 Å². The Morgan fingerprint density at radius 1 is 1.43 bits per heavy atom. The number of benzene rings is 1. The number of halogens is 1. The molecule has 2 heterocycles. The molecule has 21 heavy (non-hydrogen) atoms. The fourth-order valence-electron chi connectivity index (χ4n) is 3.38. The molecular formula is C16H22FN3O. The van der Waals surface area contributed by atoms with Crippen molar-refractivity contribution in [2.45, 2.75) is 25.3 Å². The fourth-order valence-corrected chi connectivity index (χ4v) is 3.38. The van der Waals surface area contributed by atoms with Gasteiger partial charge in [-0.3, -0.25) is 4.79 Å². The van der Waals surface area contributed by atoms with E-state index in [1.807, 2.05) is 0 Å². The highest BCUT2D eigenvalue weighted by atomic mass is 19.1. The number of anilines is 1. The maximum absolute atomic E-state index is 13.1. The molecule has 0 radical (unpaired) electrons. The van der Waals surface area contributed by atoms with Crippen LogP contribution in [-0.2, 0) is 4.79 Å². The Morgan fingerprint density at radius 3 is 3.19 bits per heavy atom. The average Bonchev–Trinajstić information content (AvgIpc) is 2.92. The number of carbonyl (C=O) groups is 1. The number of carbonyl (C=O) groups excluding carboxylic acids is 1. The molecule has 4 nitrogen and oxygen atoms in total. The van der Waals surface area contributed by atoms with Crippen LogP contribution in [0.4, 0.5) is 10.1 Å². The molecule has 2 unspecified atom stereocenters. The van der Waals surface area contributed by atoms with Gasteiger partial charge in [-0.2, -0.15) is 0 Å². The van der Waals surface area contributed by atoms with E-state index in [9.17, 15) is 9.18 Å². The van der Waals surface area contributed by atoms with Crippen molar-refractivity contribution in [3.63, 3.8) is 0 Å². The number of nitrogens with zero attached hydrogens (tertiary/aromatic N) is 1. The summed E-state index contributed by atoms with van der Waals surface area (Å²) in [6.45, 7) is 4.06. The van der Waals surface area contributed by atoms with Gasteiger partial charge in [0.25, 0.3) is 0 Å². The molecule has 2 aliphatic rings. The Bertz CT molecular complexity index is 508. The third-order valence-electron chi connectivity index (χ3n) is 4.50. The summed E-state index contributed by atoms with van der Waals surface area (Å²) in [6, 6.07) is 6.70. The van der Waals surface area contributed by atoms with Gasteiger partial charge in [0.2, 0.25) is 5.91 Å². The zero-order chi connectivity index (χ0) is 14.7. The first-order valence-corrected chi connectivity index (χ1v) is 7.72. The molecule has 2 aliphatic heterocycles. The maximum atomic E-state index is 13.1. The van der Waals surface area contributed by atoms with Gasteiger partial charge in [0.05, 0.1) is 0 Å². The molecule has 0 saturated carbocycles. The highest BCUT2D eigenvalue weighted by Gasteiger charge is 2.32. The molecule has 1 amide bonds. The Balaban J connectivity index is 1.43. The molecule has 5 heteroatoms. The Hall–Kier alpha value is -1.46. The number of likely N-dealkylation sites (tertiary alicyclic amines) is 1. The number of hydrogen-bond donors (Lipinski definition) is 2. The van der Waals surface area contributed by atoms with E-state index in [0.29, 0.717) is 18.2 Å². The second-order valence-corrected chi connectivity index (χ2v) is 6.01. The summed E-state index contributed by atoms with van der Waals surface area (Å²) in [5, 5.41) is 6.29. The van der Waals surface area contributed by atoms with Crippen LogP contribution >= 0.6 is 0 Å². The Labute approximate surface area is 124 Å². The lowest BCUT2D eigenvalue weighted by atomic mass is 9.93. The van der Waals surface area contributed by atoms with E-state index in [2.05, 4.69) is 15.5 Å². The van der Waals surface area contributed by atoms with Gasteiger partial charge in [-0.1, -0.05) is 6.07 Å². The molecule has 0 aromatic heterocycles. The van der Waals surface area contributed by atoms with Crippen LogP contribution in [0.5, 0.6) is 0 Å². The summed E-state index contributed by atoms with van der Waals surface area (Å²) < 4.78 is 13.1. The molecule has 2 atom stereocenters. The number of rotatable bonds is 4. The lowest BCUT2D eigenvalue weighted by Crippen LogP contribution is -2.45. The third-order valence-corrected chi connectivity index (χ3v) is 4.50. The number of hydrogen-bond acceptors (Lipinski definition) is 3. The SMILES string of the molecule is O=C(CCN1CCC2NCCC2C1)Nc1cccc(F)c1. The van der Waals surface area contributed by atoms with Gasteiger partial charge in [0, 0.05) is 31.2 Å². The summed E-state index contributed by atoms with van der Waals surface area (Å²) in [5.41, 5.74) is 0.527. The summed E-state index contributed by atoms with van der Waals surface area (Å²) in [6.07, 6.45) is 2.88. The van der Waals surface area contributed by atoms with Crippen LogP contribution in [0.15, 0.2) is 24.3 Å². The van der Waals surface area contributed by atoms with Crippen molar-refractivity contribution < 1.29 is 9.18 Å². The van der Waals surface area contributed by atoms with Crippen LogP contribution < -0.4 is 10.6 Å². The van der Waals surface area contributed by atoms with Crippen molar-refractivity contribution in [3.05, 3.63) is 30.1 Å². The third kappa shape index (κ3) is 3.80. The van der Waals surface area contributed by atoms with Gasteiger partial charge in [-0.15, -0.1) is 0 Å². The van der Waals surface area contributed by atoms with Gasteiger partial charge in [-0.25, -0.2) is 4.39 Å². The molecule has 3 rings (SSSR count). The first-order valence-electron chi connectivity index (χ1n) is 7.72. The smallest absolute Gasteiger partial charge is 0.225 e. The Kier molecular flexibility index (Phi) is 4.51. The first kappa shape index (κ1) is 14.5. The second kappa shape index (κ2) is 6.54. The zero-order valence-corrected chi connectivity index (χ0v) is 12.1. The van der Waals surface area contributed by atoms with Crippen molar-refractivity contribution >= 4 is 11.6 Å².